The molecule has 1 aliphatic carbocycles. The molecule has 1 aromatic rings. The van der Waals surface area contributed by atoms with Crippen LogP contribution < -0.4 is 10.8 Å². The number of hydrogen-bond donors (Lipinski definition) is 1. The van der Waals surface area contributed by atoms with Crippen LogP contribution in [0.15, 0.2) is 24.3 Å². The first kappa shape index (κ1) is 21.8. The summed E-state index contributed by atoms with van der Waals surface area (Å²) in [6, 6.07) is 8.82. The molecule has 1 aromatic carbocycles. The molecule has 1 saturated heterocycles. The van der Waals surface area contributed by atoms with Crippen molar-refractivity contribution in [2.45, 2.75) is 95.8 Å². The molecule has 4 nitrogen and oxygen atoms in total. The molecule has 1 heterocycles. The quantitative estimate of drug-likeness (QED) is 0.585. The summed E-state index contributed by atoms with van der Waals surface area (Å²) in [5.74, 6) is 0.587. The average Bonchev–Trinajstić information content (AvgIpc) is 2.79. The van der Waals surface area contributed by atoms with Crippen molar-refractivity contribution in [1.29, 1.82) is 0 Å². The number of amides is 1. The molecule has 2 fully saturated rings. The molecule has 1 unspecified atom stereocenters. The summed E-state index contributed by atoms with van der Waals surface area (Å²) in [5, 5.41) is 3.13. The average molecular weight is 403 g/mol. The Morgan fingerprint density at radius 2 is 1.50 bits per heavy atom. The Kier molecular flexibility index (Phi) is 6.30. The Labute approximate surface area is 172 Å². The normalized spacial score (nSPS) is 29.8. The molecular formula is C22H35BNO3P. The molecule has 1 N–H and O–H groups in total. The molecule has 0 bridgehead atoms. The lowest BCUT2D eigenvalue weighted by Gasteiger charge is -2.34. The third-order valence-corrected chi connectivity index (χ3v) is 7.06. The van der Waals surface area contributed by atoms with Gasteiger partial charge in [-0.15, -0.1) is 0 Å². The lowest BCUT2D eigenvalue weighted by atomic mass is 9.76. The van der Waals surface area contributed by atoms with Crippen molar-refractivity contribution in [2.75, 3.05) is 0 Å². The van der Waals surface area contributed by atoms with Gasteiger partial charge in [-0.25, -0.2) is 0 Å². The van der Waals surface area contributed by atoms with Crippen LogP contribution in [0.4, 0.5) is 4.79 Å². The molecule has 6 heteroatoms. The van der Waals surface area contributed by atoms with Crippen LogP contribution in [0.2, 0.25) is 0 Å². The molecule has 2 aliphatic rings. The molecule has 28 heavy (non-hydrogen) atoms. The Morgan fingerprint density at radius 3 is 1.96 bits per heavy atom. The summed E-state index contributed by atoms with van der Waals surface area (Å²) in [4.78, 5) is 11.5. The zero-order valence-corrected chi connectivity index (χ0v) is 19.2. The number of benzene rings is 1. The summed E-state index contributed by atoms with van der Waals surface area (Å²) in [5.41, 5.74) is 1.80. The van der Waals surface area contributed by atoms with E-state index in [0.717, 1.165) is 44.0 Å². The SMILES string of the molecule is CC1(NC(=O)P)CCCC(c2ccc(B3OC(C)(C)C(C)(C)O3)cc2)CCC1. The van der Waals surface area contributed by atoms with Crippen molar-refractivity contribution in [3.05, 3.63) is 29.8 Å². The van der Waals surface area contributed by atoms with E-state index in [-0.39, 0.29) is 29.5 Å². The Balaban J connectivity index is 1.62. The van der Waals surface area contributed by atoms with Gasteiger partial charge in [-0.2, -0.15) is 0 Å². The van der Waals surface area contributed by atoms with Crippen molar-refractivity contribution in [1.82, 2.24) is 5.32 Å². The molecule has 154 valence electrons. The molecule has 1 saturated carbocycles. The highest BCUT2D eigenvalue weighted by Gasteiger charge is 2.51. The van der Waals surface area contributed by atoms with Crippen LogP contribution >= 0.6 is 9.24 Å². The molecule has 0 radical (unpaired) electrons. The monoisotopic (exact) mass is 403 g/mol. The molecule has 1 amide bonds. The van der Waals surface area contributed by atoms with Gasteiger partial charge in [0.2, 0.25) is 5.65 Å². The van der Waals surface area contributed by atoms with Crippen LogP contribution in [0.3, 0.4) is 0 Å². The van der Waals surface area contributed by atoms with Gasteiger partial charge in [0.1, 0.15) is 0 Å². The smallest absolute Gasteiger partial charge is 0.399 e. The predicted octanol–water partition coefficient (Wildman–Crippen LogP) is 4.77. The zero-order valence-electron chi connectivity index (χ0n) is 18.0. The first-order valence-electron chi connectivity index (χ1n) is 10.5. The van der Waals surface area contributed by atoms with E-state index in [1.165, 1.54) is 5.56 Å². The van der Waals surface area contributed by atoms with Crippen molar-refractivity contribution in [2.24, 2.45) is 0 Å². The van der Waals surface area contributed by atoms with Gasteiger partial charge in [-0.05, 0) is 86.5 Å². The van der Waals surface area contributed by atoms with E-state index in [4.69, 9.17) is 9.31 Å². The molecule has 1 aliphatic heterocycles. The minimum atomic E-state index is -0.311. The Bertz CT molecular complexity index is 678. The molecule has 0 spiro atoms. The maximum atomic E-state index is 11.5. The minimum Gasteiger partial charge on any atom is -0.399 e. The molecular weight excluding hydrogens is 368 g/mol. The maximum Gasteiger partial charge on any atom is 0.494 e. The Morgan fingerprint density at radius 1 is 1.00 bits per heavy atom. The van der Waals surface area contributed by atoms with Crippen molar-refractivity contribution in [3.8, 4) is 0 Å². The van der Waals surface area contributed by atoms with E-state index in [1.807, 2.05) is 0 Å². The third kappa shape index (κ3) is 4.80. The van der Waals surface area contributed by atoms with Gasteiger partial charge in [0.05, 0.1) is 11.2 Å². The fourth-order valence-corrected chi connectivity index (χ4v) is 4.76. The van der Waals surface area contributed by atoms with Gasteiger partial charge in [0.25, 0.3) is 0 Å². The van der Waals surface area contributed by atoms with Crippen molar-refractivity contribution in [3.63, 3.8) is 0 Å². The second kappa shape index (κ2) is 8.09. The summed E-state index contributed by atoms with van der Waals surface area (Å²) in [7, 11) is 1.94. The van der Waals surface area contributed by atoms with Crippen LogP contribution in [0.25, 0.3) is 0 Å². The summed E-state index contributed by atoms with van der Waals surface area (Å²) in [6.45, 7) is 10.5. The van der Waals surface area contributed by atoms with Gasteiger partial charge in [0, 0.05) is 5.54 Å². The van der Waals surface area contributed by atoms with Gasteiger partial charge < -0.3 is 14.6 Å². The number of carbonyl (C=O) groups excluding carboxylic acids is 1. The number of nitrogens with one attached hydrogen (secondary N) is 1. The highest BCUT2D eigenvalue weighted by molar-refractivity contribution is 7.39. The van der Waals surface area contributed by atoms with E-state index in [0.29, 0.717) is 5.92 Å². The predicted molar refractivity (Wildman–Crippen MR) is 119 cm³/mol. The first-order chi connectivity index (χ1) is 13.0. The van der Waals surface area contributed by atoms with E-state index in [2.05, 4.69) is 73.4 Å². The van der Waals surface area contributed by atoms with E-state index < -0.39 is 0 Å². The molecule has 3 rings (SSSR count). The van der Waals surface area contributed by atoms with Crippen LogP contribution in [-0.2, 0) is 9.31 Å². The number of hydrogen-bond acceptors (Lipinski definition) is 3. The fourth-order valence-electron chi connectivity index (χ4n) is 4.41. The van der Waals surface area contributed by atoms with Crippen LogP contribution in [0.5, 0.6) is 0 Å². The van der Waals surface area contributed by atoms with Gasteiger partial charge in [-0.1, -0.05) is 37.1 Å². The second-order valence-corrected chi connectivity index (χ2v) is 10.3. The minimum absolute atomic E-state index is 0.00193. The Hall–Kier alpha value is -0.895. The summed E-state index contributed by atoms with van der Waals surface area (Å²) in [6.07, 6.45) is 6.66. The number of carbonyl (C=O) groups is 1. The van der Waals surface area contributed by atoms with Gasteiger partial charge in [0.15, 0.2) is 0 Å². The lowest BCUT2D eigenvalue weighted by molar-refractivity contribution is 0.00578. The van der Waals surface area contributed by atoms with Crippen molar-refractivity contribution < 1.29 is 14.1 Å². The molecule has 1 atom stereocenters. The zero-order chi connectivity index (χ0) is 20.6. The van der Waals surface area contributed by atoms with Crippen LogP contribution in [0.1, 0.15) is 84.6 Å². The first-order valence-corrected chi connectivity index (χ1v) is 11.1. The third-order valence-electron chi connectivity index (χ3n) is 6.92. The topological polar surface area (TPSA) is 47.6 Å². The number of rotatable bonds is 3. The lowest BCUT2D eigenvalue weighted by Crippen LogP contribution is -2.44. The van der Waals surface area contributed by atoms with Gasteiger partial charge in [-0.3, -0.25) is 4.79 Å². The largest absolute Gasteiger partial charge is 0.494 e. The van der Waals surface area contributed by atoms with E-state index in [1.54, 1.807) is 0 Å². The highest BCUT2D eigenvalue weighted by Crippen LogP contribution is 2.37. The second-order valence-electron chi connectivity index (χ2n) is 9.79. The summed E-state index contributed by atoms with van der Waals surface area (Å²) >= 11 is 0. The van der Waals surface area contributed by atoms with E-state index >= 15 is 0 Å². The van der Waals surface area contributed by atoms with E-state index in [9.17, 15) is 4.79 Å². The van der Waals surface area contributed by atoms with Crippen LogP contribution in [0, 0.1) is 0 Å². The fraction of sp³-hybridized carbons (Fsp3) is 0.682. The standard InChI is InChI=1S/C22H35BNO3P/c1-20(2)21(3,4)27-23(26-20)18-12-10-17(11-13-18)16-8-6-14-22(5,15-7-9-16)24-19(25)28/h10-13,16H,6-9,14-15,28H2,1-5H3,(H,24,25). The van der Waals surface area contributed by atoms with Crippen LogP contribution in [-0.4, -0.2) is 29.5 Å². The highest BCUT2D eigenvalue weighted by atomic mass is 31.0. The van der Waals surface area contributed by atoms with Crippen molar-refractivity contribution >= 4 is 27.5 Å². The maximum absolute atomic E-state index is 11.5. The summed E-state index contributed by atoms with van der Waals surface area (Å²) < 4.78 is 12.3. The van der Waals surface area contributed by atoms with Gasteiger partial charge >= 0.3 is 7.12 Å². The molecule has 0 aromatic heterocycles.